The van der Waals surface area contributed by atoms with Gasteiger partial charge in [0.2, 0.25) is 0 Å². The van der Waals surface area contributed by atoms with Gasteiger partial charge in [-0.2, -0.15) is 0 Å². The van der Waals surface area contributed by atoms with Gasteiger partial charge in [0, 0.05) is 35.4 Å². The van der Waals surface area contributed by atoms with E-state index in [9.17, 15) is 9.00 Å². The first kappa shape index (κ1) is 8.87. The minimum atomic E-state index is -0.629. The Morgan fingerprint density at radius 2 is 2.00 bits per heavy atom. The number of hydrogen-bond acceptors (Lipinski definition) is 3. The van der Waals surface area contributed by atoms with E-state index >= 15 is 0 Å². The molecule has 3 nitrogen and oxygen atoms in total. The maximum Gasteiger partial charge on any atom is 0.143 e. The molecule has 0 spiro atoms. The molecule has 4 heteroatoms. The van der Waals surface area contributed by atoms with E-state index in [0.29, 0.717) is 6.54 Å². The second-order valence-electron chi connectivity index (χ2n) is 2.83. The summed E-state index contributed by atoms with van der Waals surface area (Å²) in [7, 11) is -0.629. The number of Topliss-reactive ketones (excluding diaryl/α,β-unsaturated/α-hetero) is 1. The Kier molecular flexibility index (Phi) is 3.20. The summed E-state index contributed by atoms with van der Waals surface area (Å²) < 4.78 is 10.9. The zero-order chi connectivity index (χ0) is 8.27. The molecule has 1 saturated heterocycles. The summed E-state index contributed by atoms with van der Waals surface area (Å²) in [5, 5.41) is 0. The van der Waals surface area contributed by atoms with E-state index in [1.165, 1.54) is 0 Å². The van der Waals surface area contributed by atoms with Crippen molar-refractivity contribution in [2.24, 2.45) is 0 Å². The first-order valence-corrected chi connectivity index (χ1v) is 5.24. The maximum atomic E-state index is 10.9. The molecule has 0 aromatic rings. The second kappa shape index (κ2) is 3.97. The van der Waals surface area contributed by atoms with Crippen molar-refractivity contribution in [1.82, 2.24) is 4.90 Å². The minimum Gasteiger partial charge on any atom is -0.299 e. The van der Waals surface area contributed by atoms with Gasteiger partial charge in [0.15, 0.2) is 0 Å². The first-order chi connectivity index (χ1) is 5.18. The molecule has 0 radical (unpaired) electrons. The van der Waals surface area contributed by atoms with E-state index in [1.54, 1.807) is 6.92 Å². The summed E-state index contributed by atoms with van der Waals surface area (Å²) >= 11 is 0. The predicted octanol–water partition coefficient (Wildman–Crippen LogP) is -0.360. The van der Waals surface area contributed by atoms with Gasteiger partial charge in [-0.15, -0.1) is 0 Å². The van der Waals surface area contributed by atoms with Crippen LogP contribution in [0.15, 0.2) is 0 Å². The Balaban J connectivity index is 2.28. The zero-order valence-electron chi connectivity index (χ0n) is 6.71. The first-order valence-electron chi connectivity index (χ1n) is 3.75. The molecule has 0 bridgehead atoms. The smallest absolute Gasteiger partial charge is 0.143 e. The summed E-state index contributed by atoms with van der Waals surface area (Å²) in [6, 6.07) is 0. The van der Waals surface area contributed by atoms with Gasteiger partial charge in [-0.1, -0.05) is 0 Å². The fraction of sp³-hybridized carbons (Fsp3) is 0.857. The van der Waals surface area contributed by atoms with E-state index in [4.69, 9.17) is 0 Å². The molecule has 1 fully saturated rings. The predicted molar refractivity (Wildman–Crippen MR) is 45.0 cm³/mol. The molecule has 1 heterocycles. The van der Waals surface area contributed by atoms with E-state index in [-0.39, 0.29) is 5.78 Å². The zero-order valence-corrected chi connectivity index (χ0v) is 7.52. The number of ketones is 1. The molecule has 0 amide bonds. The van der Waals surface area contributed by atoms with Gasteiger partial charge in [0.1, 0.15) is 5.78 Å². The highest BCUT2D eigenvalue weighted by Crippen LogP contribution is 1.98. The van der Waals surface area contributed by atoms with Gasteiger partial charge < -0.3 is 0 Å². The van der Waals surface area contributed by atoms with E-state index in [2.05, 4.69) is 4.90 Å². The number of rotatable bonds is 2. The van der Waals surface area contributed by atoms with Crippen molar-refractivity contribution in [3.63, 3.8) is 0 Å². The molecule has 1 aliphatic heterocycles. The fourth-order valence-electron chi connectivity index (χ4n) is 1.15. The van der Waals surface area contributed by atoms with E-state index in [1.807, 2.05) is 0 Å². The van der Waals surface area contributed by atoms with Crippen LogP contribution < -0.4 is 0 Å². The van der Waals surface area contributed by atoms with Crippen LogP contribution in [-0.4, -0.2) is 46.0 Å². The largest absolute Gasteiger partial charge is 0.299 e. The third-order valence-corrected chi connectivity index (χ3v) is 2.99. The van der Waals surface area contributed by atoms with Crippen LogP contribution in [0.4, 0.5) is 0 Å². The number of carbonyl (C=O) groups excluding carboxylic acids is 1. The van der Waals surface area contributed by atoms with Gasteiger partial charge in [-0.05, 0) is 6.92 Å². The Labute approximate surface area is 69.2 Å². The topological polar surface area (TPSA) is 37.4 Å². The quantitative estimate of drug-likeness (QED) is 0.575. The van der Waals surface area contributed by atoms with Crippen LogP contribution in [0.2, 0.25) is 0 Å². The minimum absolute atomic E-state index is 0.192. The molecule has 0 atom stereocenters. The van der Waals surface area contributed by atoms with Crippen molar-refractivity contribution >= 4 is 16.6 Å². The summed E-state index contributed by atoms with van der Waals surface area (Å²) in [6.07, 6.45) is 0. The Bertz CT molecular complexity index is 171. The lowest BCUT2D eigenvalue weighted by Crippen LogP contribution is -2.40. The molecule has 64 valence electrons. The van der Waals surface area contributed by atoms with Gasteiger partial charge in [0.25, 0.3) is 0 Å². The van der Waals surface area contributed by atoms with Crippen molar-refractivity contribution in [2.75, 3.05) is 31.1 Å². The second-order valence-corrected chi connectivity index (χ2v) is 4.52. The Hall–Kier alpha value is -0.220. The lowest BCUT2D eigenvalue weighted by molar-refractivity contribution is -0.118. The molecule has 0 aliphatic carbocycles. The number of nitrogens with zero attached hydrogens (tertiary/aromatic N) is 1. The van der Waals surface area contributed by atoms with Gasteiger partial charge >= 0.3 is 0 Å². The molecular weight excluding hydrogens is 162 g/mol. The summed E-state index contributed by atoms with van der Waals surface area (Å²) in [4.78, 5) is 12.7. The third-order valence-electron chi connectivity index (χ3n) is 1.72. The Morgan fingerprint density at radius 3 is 2.45 bits per heavy atom. The van der Waals surface area contributed by atoms with Crippen LogP contribution in [0, 0.1) is 0 Å². The molecule has 1 aliphatic rings. The van der Waals surface area contributed by atoms with Crippen LogP contribution >= 0.6 is 0 Å². The highest BCUT2D eigenvalue weighted by molar-refractivity contribution is 7.85. The van der Waals surface area contributed by atoms with Crippen molar-refractivity contribution in [3.8, 4) is 0 Å². The standard InChI is InChI=1S/C7H13NO2S/c1-7(9)6-8-2-4-11(10)5-3-8/h2-6H2,1H3. The summed E-state index contributed by atoms with van der Waals surface area (Å²) in [6.45, 7) is 3.74. The lowest BCUT2D eigenvalue weighted by atomic mass is 10.4. The fourth-order valence-corrected chi connectivity index (χ4v) is 2.28. The third kappa shape index (κ3) is 3.12. The van der Waals surface area contributed by atoms with Gasteiger partial charge in [-0.25, -0.2) is 0 Å². The average Bonchev–Trinajstić information content (AvgIpc) is 1.93. The Morgan fingerprint density at radius 1 is 1.45 bits per heavy atom. The molecule has 0 saturated carbocycles. The SMILES string of the molecule is CC(=O)CN1CCS(=O)CC1. The van der Waals surface area contributed by atoms with Crippen LogP contribution in [-0.2, 0) is 15.6 Å². The van der Waals surface area contributed by atoms with E-state index < -0.39 is 10.8 Å². The van der Waals surface area contributed by atoms with E-state index in [0.717, 1.165) is 24.6 Å². The molecule has 0 aromatic heterocycles. The molecule has 0 aromatic carbocycles. The monoisotopic (exact) mass is 175 g/mol. The van der Waals surface area contributed by atoms with Crippen molar-refractivity contribution < 1.29 is 9.00 Å². The van der Waals surface area contributed by atoms with Crippen LogP contribution in [0.5, 0.6) is 0 Å². The molecular formula is C7H13NO2S. The normalized spacial score (nSPS) is 21.9. The highest BCUT2D eigenvalue weighted by atomic mass is 32.2. The molecule has 11 heavy (non-hydrogen) atoms. The summed E-state index contributed by atoms with van der Waals surface area (Å²) in [5.74, 6) is 1.65. The summed E-state index contributed by atoms with van der Waals surface area (Å²) in [5.41, 5.74) is 0. The van der Waals surface area contributed by atoms with Crippen molar-refractivity contribution in [2.45, 2.75) is 6.92 Å². The number of carbonyl (C=O) groups is 1. The van der Waals surface area contributed by atoms with Gasteiger partial charge in [0.05, 0.1) is 6.54 Å². The molecule has 0 N–H and O–H groups in total. The molecule has 0 unspecified atom stereocenters. The number of hydrogen-bond donors (Lipinski definition) is 0. The average molecular weight is 175 g/mol. The van der Waals surface area contributed by atoms with Crippen LogP contribution in [0.1, 0.15) is 6.92 Å². The lowest BCUT2D eigenvalue weighted by Gasteiger charge is -2.24. The highest BCUT2D eigenvalue weighted by Gasteiger charge is 2.15. The van der Waals surface area contributed by atoms with Crippen LogP contribution in [0.3, 0.4) is 0 Å². The van der Waals surface area contributed by atoms with Crippen LogP contribution in [0.25, 0.3) is 0 Å². The van der Waals surface area contributed by atoms with Gasteiger partial charge in [-0.3, -0.25) is 13.9 Å². The molecule has 1 rings (SSSR count). The van der Waals surface area contributed by atoms with Crippen molar-refractivity contribution in [3.05, 3.63) is 0 Å². The maximum absolute atomic E-state index is 10.9. The van der Waals surface area contributed by atoms with Crippen molar-refractivity contribution in [1.29, 1.82) is 0 Å².